The summed E-state index contributed by atoms with van der Waals surface area (Å²) in [7, 11) is 0. The Balaban J connectivity index is 1.83. The lowest BCUT2D eigenvalue weighted by Gasteiger charge is -2.07. The summed E-state index contributed by atoms with van der Waals surface area (Å²) in [4.78, 5) is 23.6. The first-order valence-corrected chi connectivity index (χ1v) is 7.77. The molecule has 0 saturated heterocycles. The van der Waals surface area contributed by atoms with Crippen molar-refractivity contribution in [2.24, 2.45) is 0 Å². The van der Waals surface area contributed by atoms with E-state index in [1.54, 1.807) is 55.5 Å². The van der Waals surface area contributed by atoms with Gasteiger partial charge in [0.1, 0.15) is 0 Å². The van der Waals surface area contributed by atoms with E-state index in [0.29, 0.717) is 35.7 Å². The standard InChI is InChI=1S/C18H18ClNO3/c1-2-23-18(22)14-5-9-16(10-6-14)20-12-11-17(21)13-3-7-15(19)8-4-13/h3-10,20H,2,11-12H2,1H3. The molecule has 0 aliphatic rings. The molecule has 2 aromatic rings. The fraction of sp³-hybridized carbons (Fsp3) is 0.222. The lowest BCUT2D eigenvalue weighted by molar-refractivity contribution is 0.0526. The Labute approximate surface area is 140 Å². The van der Waals surface area contributed by atoms with Crippen LogP contribution < -0.4 is 5.32 Å². The number of ketones is 1. The molecule has 0 spiro atoms. The summed E-state index contributed by atoms with van der Waals surface area (Å²) >= 11 is 5.80. The van der Waals surface area contributed by atoms with Crippen molar-refractivity contribution in [3.8, 4) is 0 Å². The molecule has 0 heterocycles. The Morgan fingerprint density at radius 3 is 2.22 bits per heavy atom. The lowest BCUT2D eigenvalue weighted by atomic mass is 10.1. The van der Waals surface area contributed by atoms with Crippen molar-refractivity contribution in [2.45, 2.75) is 13.3 Å². The van der Waals surface area contributed by atoms with E-state index < -0.39 is 0 Å². The van der Waals surface area contributed by atoms with Gasteiger partial charge in [0, 0.05) is 29.2 Å². The number of hydrogen-bond acceptors (Lipinski definition) is 4. The number of carbonyl (C=O) groups is 2. The third-order valence-corrected chi connectivity index (χ3v) is 3.50. The molecule has 0 saturated carbocycles. The van der Waals surface area contributed by atoms with Gasteiger partial charge in [0.05, 0.1) is 12.2 Å². The van der Waals surface area contributed by atoms with Gasteiger partial charge in [-0.05, 0) is 55.5 Å². The maximum absolute atomic E-state index is 12.0. The Hall–Kier alpha value is -2.33. The molecular weight excluding hydrogens is 314 g/mol. The van der Waals surface area contributed by atoms with Gasteiger partial charge >= 0.3 is 5.97 Å². The minimum Gasteiger partial charge on any atom is -0.462 e. The van der Waals surface area contributed by atoms with Gasteiger partial charge in [0.15, 0.2) is 5.78 Å². The predicted molar refractivity (Wildman–Crippen MR) is 91.3 cm³/mol. The molecule has 4 nitrogen and oxygen atoms in total. The maximum Gasteiger partial charge on any atom is 0.338 e. The molecule has 0 fully saturated rings. The Morgan fingerprint density at radius 1 is 1.00 bits per heavy atom. The van der Waals surface area contributed by atoms with Gasteiger partial charge in [0.2, 0.25) is 0 Å². The third kappa shape index (κ3) is 5.11. The Kier molecular flexibility index (Phi) is 6.18. The first-order chi connectivity index (χ1) is 11.1. The van der Waals surface area contributed by atoms with E-state index in [-0.39, 0.29) is 11.8 Å². The van der Waals surface area contributed by atoms with Crippen LogP contribution in [0.25, 0.3) is 0 Å². The van der Waals surface area contributed by atoms with E-state index in [4.69, 9.17) is 16.3 Å². The monoisotopic (exact) mass is 331 g/mol. The highest BCUT2D eigenvalue weighted by Crippen LogP contribution is 2.13. The lowest BCUT2D eigenvalue weighted by Crippen LogP contribution is -2.09. The first-order valence-electron chi connectivity index (χ1n) is 7.40. The van der Waals surface area contributed by atoms with Crippen molar-refractivity contribution >= 4 is 29.0 Å². The zero-order valence-electron chi connectivity index (χ0n) is 12.8. The van der Waals surface area contributed by atoms with Crippen molar-refractivity contribution in [3.05, 3.63) is 64.7 Å². The van der Waals surface area contributed by atoms with Crippen molar-refractivity contribution in [2.75, 3.05) is 18.5 Å². The summed E-state index contributed by atoms with van der Waals surface area (Å²) in [5.41, 5.74) is 2.01. The molecule has 0 amide bonds. The zero-order chi connectivity index (χ0) is 16.7. The van der Waals surface area contributed by atoms with Crippen molar-refractivity contribution in [1.29, 1.82) is 0 Å². The van der Waals surface area contributed by atoms with Crippen LogP contribution >= 0.6 is 11.6 Å². The summed E-state index contributed by atoms with van der Waals surface area (Å²) in [6.07, 6.45) is 0.376. The van der Waals surface area contributed by atoms with Crippen molar-refractivity contribution in [3.63, 3.8) is 0 Å². The predicted octanol–water partition coefficient (Wildman–Crippen LogP) is 4.20. The fourth-order valence-electron chi connectivity index (χ4n) is 2.04. The number of carbonyl (C=O) groups excluding carboxylic acids is 2. The number of hydrogen-bond donors (Lipinski definition) is 1. The van der Waals surface area contributed by atoms with Gasteiger partial charge in [-0.2, -0.15) is 0 Å². The number of rotatable bonds is 7. The summed E-state index contributed by atoms with van der Waals surface area (Å²) in [6.45, 7) is 2.64. The second kappa shape index (κ2) is 8.34. The molecule has 0 bridgehead atoms. The van der Waals surface area contributed by atoms with E-state index in [1.165, 1.54) is 0 Å². The number of halogens is 1. The third-order valence-electron chi connectivity index (χ3n) is 3.24. The summed E-state index contributed by atoms with van der Waals surface area (Å²) < 4.78 is 4.92. The van der Waals surface area contributed by atoms with Crippen molar-refractivity contribution < 1.29 is 14.3 Å². The number of esters is 1. The van der Waals surface area contributed by atoms with Crippen LogP contribution in [0.15, 0.2) is 48.5 Å². The molecule has 2 aromatic carbocycles. The van der Waals surface area contributed by atoms with Gasteiger partial charge in [-0.25, -0.2) is 4.79 Å². The van der Waals surface area contributed by atoms with E-state index >= 15 is 0 Å². The number of nitrogens with one attached hydrogen (secondary N) is 1. The van der Waals surface area contributed by atoms with Gasteiger partial charge in [-0.1, -0.05) is 11.6 Å². The van der Waals surface area contributed by atoms with Crippen LogP contribution in [0.5, 0.6) is 0 Å². The fourth-order valence-corrected chi connectivity index (χ4v) is 2.17. The second-order valence-corrected chi connectivity index (χ2v) is 5.34. The van der Waals surface area contributed by atoms with Crippen LogP contribution in [0.2, 0.25) is 5.02 Å². The zero-order valence-corrected chi connectivity index (χ0v) is 13.6. The van der Waals surface area contributed by atoms with E-state index in [2.05, 4.69) is 5.32 Å². The number of benzene rings is 2. The van der Waals surface area contributed by atoms with Crippen LogP contribution in [-0.2, 0) is 4.74 Å². The smallest absolute Gasteiger partial charge is 0.338 e. The molecule has 0 aliphatic carbocycles. The number of anilines is 1. The molecule has 23 heavy (non-hydrogen) atoms. The summed E-state index contributed by atoms with van der Waals surface area (Å²) in [6, 6.07) is 13.8. The molecule has 120 valence electrons. The van der Waals surface area contributed by atoms with Gasteiger partial charge in [0.25, 0.3) is 0 Å². The highest BCUT2D eigenvalue weighted by molar-refractivity contribution is 6.30. The van der Waals surface area contributed by atoms with E-state index in [1.807, 2.05) is 0 Å². The molecule has 2 rings (SSSR count). The molecular formula is C18H18ClNO3. The Bertz CT molecular complexity index is 666. The molecule has 0 atom stereocenters. The van der Waals surface area contributed by atoms with Crippen LogP contribution in [0.1, 0.15) is 34.1 Å². The number of ether oxygens (including phenoxy) is 1. The molecule has 1 N–H and O–H groups in total. The maximum atomic E-state index is 12.0. The molecule has 0 aromatic heterocycles. The van der Waals surface area contributed by atoms with E-state index in [0.717, 1.165) is 5.69 Å². The SMILES string of the molecule is CCOC(=O)c1ccc(NCCC(=O)c2ccc(Cl)cc2)cc1. The molecule has 0 aliphatic heterocycles. The van der Waals surface area contributed by atoms with Crippen LogP contribution in [0, 0.1) is 0 Å². The van der Waals surface area contributed by atoms with E-state index in [9.17, 15) is 9.59 Å². The summed E-state index contributed by atoms with van der Waals surface area (Å²) in [5, 5.41) is 3.77. The topological polar surface area (TPSA) is 55.4 Å². The van der Waals surface area contributed by atoms with Gasteiger partial charge < -0.3 is 10.1 Å². The molecule has 5 heteroatoms. The highest BCUT2D eigenvalue weighted by Gasteiger charge is 2.07. The van der Waals surface area contributed by atoms with Crippen LogP contribution in [0.4, 0.5) is 5.69 Å². The van der Waals surface area contributed by atoms with Crippen LogP contribution in [-0.4, -0.2) is 24.9 Å². The van der Waals surface area contributed by atoms with Gasteiger partial charge in [-0.3, -0.25) is 4.79 Å². The molecule has 0 radical (unpaired) electrons. The second-order valence-electron chi connectivity index (χ2n) is 4.90. The first kappa shape index (κ1) is 17.0. The summed E-state index contributed by atoms with van der Waals surface area (Å²) in [5.74, 6) is -0.283. The molecule has 0 unspecified atom stereocenters. The highest BCUT2D eigenvalue weighted by atomic mass is 35.5. The quantitative estimate of drug-likeness (QED) is 0.610. The Morgan fingerprint density at radius 2 is 1.61 bits per heavy atom. The van der Waals surface area contributed by atoms with Crippen LogP contribution in [0.3, 0.4) is 0 Å². The minimum absolute atomic E-state index is 0.0531. The largest absolute Gasteiger partial charge is 0.462 e. The number of Topliss-reactive ketones (excluding diaryl/α,β-unsaturated/α-hetero) is 1. The average Bonchev–Trinajstić information content (AvgIpc) is 2.56. The van der Waals surface area contributed by atoms with Crippen molar-refractivity contribution in [1.82, 2.24) is 0 Å². The normalized spacial score (nSPS) is 10.2. The van der Waals surface area contributed by atoms with Gasteiger partial charge in [-0.15, -0.1) is 0 Å². The average molecular weight is 332 g/mol. The minimum atomic E-state index is -0.336.